The van der Waals surface area contributed by atoms with Crippen LogP contribution in [-0.4, -0.2) is 6.79 Å². The van der Waals surface area contributed by atoms with Crippen molar-refractivity contribution in [3.8, 4) is 11.5 Å². The highest BCUT2D eigenvalue weighted by Gasteiger charge is 2.23. The first-order valence-corrected chi connectivity index (χ1v) is 5.45. The molecule has 1 aliphatic heterocycles. The molecule has 0 radical (unpaired) electrons. The molecule has 0 aliphatic carbocycles. The monoisotopic (exact) mass is 206 g/mol. The highest BCUT2D eigenvalue weighted by molar-refractivity contribution is 5.50. The summed E-state index contributed by atoms with van der Waals surface area (Å²) in [4.78, 5) is 0. The van der Waals surface area contributed by atoms with E-state index in [0.717, 1.165) is 17.9 Å². The first kappa shape index (κ1) is 10.3. The molecule has 1 aromatic carbocycles. The van der Waals surface area contributed by atoms with Crippen molar-refractivity contribution in [1.29, 1.82) is 0 Å². The van der Waals surface area contributed by atoms with Crippen LogP contribution in [0.25, 0.3) is 0 Å². The molecule has 0 saturated carbocycles. The lowest BCUT2D eigenvalue weighted by molar-refractivity contribution is 0.174. The molecule has 0 amide bonds. The topological polar surface area (TPSA) is 18.5 Å². The van der Waals surface area contributed by atoms with Crippen molar-refractivity contribution in [2.45, 2.75) is 39.5 Å². The Labute approximate surface area is 91.2 Å². The van der Waals surface area contributed by atoms with E-state index < -0.39 is 0 Å². The number of ether oxygens (including phenoxy) is 2. The summed E-state index contributed by atoms with van der Waals surface area (Å²) in [6.45, 7) is 9.20. The largest absolute Gasteiger partial charge is 0.454 e. The fourth-order valence-corrected chi connectivity index (χ4v) is 1.97. The van der Waals surface area contributed by atoms with Crippen molar-refractivity contribution in [3.63, 3.8) is 0 Å². The Morgan fingerprint density at radius 2 is 1.73 bits per heavy atom. The third kappa shape index (κ3) is 1.81. The Balaban J connectivity index is 2.54. The lowest BCUT2D eigenvalue weighted by atomic mass is 9.83. The molecule has 1 aromatic rings. The van der Waals surface area contributed by atoms with Crippen molar-refractivity contribution in [1.82, 2.24) is 0 Å². The molecule has 2 rings (SSSR count). The standard InChI is InChI=1S/C13H18O2/c1-5-9-6-11-12(15-8-14-11)7-10(9)13(2,3)4/h6-7H,5,8H2,1-4H3. The van der Waals surface area contributed by atoms with Crippen LogP contribution in [0.2, 0.25) is 0 Å². The predicted molar refractivity (Wildman–Crippen MR) is 60.6 cm³/mol. The van der Waals surface area contributed by atoms with Gasteiger partial charge < -0.3 is 9.47 Å². The number of hydrogen-bond donors (Lipinski definition) is 0. The van der Waals surface area contributed by atoms with Gasteiger partial charge in [0.05, 0.1) is 0 Å². The number of fused-ring (bicyclic) bond motifs is 1. The Hall–Kier alpha value is -1.18. The van der Waals surface area contributed by atoms with Crippen LogP contribution in [0.1, 0.15) is 38.8 Å². The average Bonchev–Trinajstić information content (AvgIpc) is 2.60. The second kappa shape index (κ2) is 3.44. The summed E-state index contributed by atoms with van der Waals surface area (Å²) in [6, 6.07) is 4.24. The Bertz CT molecular complexity index is 375. The van der Waals surface area contributed by atoms with Crippen LogP contribution in [0.4, 0.5) is 0 Å². The molecule has 2 heteroatoms. The van der Waals surface area contributed by atoms with Crippen LogP contribution < -0.4 is 9.47 Å². The molecule has 1 heterocycles. The molecule has 82 valence electrons. The van der Waals surface area contributed by atoms with Crippen molar-refractivity contribution in [2.75, 3.05) is 6.79 Å². The molecule has 1 aliphatic rings. The van der Waals surface area contributed by atoms with Crippen LogP contribution in [0.5, 0.6) is 11.5 Å². The summed E-state index contributed by atoms with van der Waals surface area (Å²) < 4.78 is 10.8. The van der Waals surface area contributed by atoms with Gasteiger partial charge in [0.1, 0.15) is 0 Å². The molecule has 2 nitrogen and oxygen atoms in total. The van der Waals surface area contributed by atoms with Crippen LogP contribution in [0.3, 0.4) is 0 Å². The second-order valence-corrected chi connectivity index (χ2v) is 4.97. The number of rotatable bonds is 1. The van der Waals surface area contributed by atoms with E-state index in [9.17, 15) is 0 Å². The molecule has 0 N–H and O–H groups in total. The second-order valence-electron chi connectivity index (χ2n) is 4.97. The Morgan fingerprint density at radius 1 is 1.13 bits per heavy atom. The van der Waals surface area contributed by atoms with Gasteiger partial charge in [-0.15, -0.1) is 0 Å². The normalized spacial score (nSPS) is 14.4. The summed E-state index contributed by atoms with van der Waals surface area (Å²) in [5, 5.41) is 0. The molecule has 15 heavy (non-hydrogen) atoms. The fourth-order valence-electron chi connectivity index (χ4n) is 1.97. The smallest absolute Gasteiger partial charge is 0.231 e. The molecule has 0 aromatic heterocycles. The van der Waals surface area contributed by atoms with Gasteiger partial charge in [-0.1, -0.05) is 27.7 Å². The third-order valence-corrected chi connectivity index (χ3v) is 2.79. The third-order valence-electron chi connectivity index (χ3n) is 2.79. The number of aryl methyl sites for hydroxylation is 1. The lowest BCUT2D eigenvalue weighted by Gasteiger charge is -2.23. The van der Waals surface area contributed by atoms with Crippen LogP contribution in [0, 0.1) is 0 Å². The molecule has 0 spiro atoms. The van der Waals surface area contributed by atoms with Gasteiger partial charge in [-0.3, -0.25) is 0 Å². The van der Waals surface area contributed by atoms with Crippen LogP contribution in [0.15, 0.2) is 12.1 Å². The van der Waals surface area contributed by atoms with Gasteiger partial charge in [0.15, 0.2) is 11.5 Å². The quantitative estimate of drug-likeness (QED) is 0.702. The highest BCUT2D eigenvalue weighted by atomic mass is 16.7. The van der Waals surface area contributed by atoms with E-state index in [1.54, 1.807) is 0 Å². The summed E-state index contributed by atoms with van der Waals surface area (Å²) in [6.07, 6.45) is 1.03. The van der Waals surface area contributed by atoms with Crippen LogP contribution in [-0.2, 0) is 11.8 Å². The predicted octanol–water partition coefficient (Wildman–Crippen LogP) is 3.28. The van der Waals surface area contributed by atoms with Gasteiger partial charge in [0.25, 0.3) is 0 Å². The van der Waals surface area contributed by atoms with Crippen molar-refractivity contribution >= 4 is 0 Å². The van der Waals surface area contributed by atoms with Gasteiger partial charge in [-0.05, 0) is 35.1 Å². The molecule has 0 bridgehead atoms. The molecular formula is C13H18O2. The maximum absolute atomic E-state index is 5.41. The van der Waals surface area contributed by atoms with E-state index in [2.05, 4.69) is 39.8 Å². The molecular weight excluding hydrogens is 188 g/mol. The zero-order valence-corrected chi connectivity index (χ0v) is 9.89. The van der Waals surface area contributed by atoms with Crippen molar-refractivity contribution < 1.29 is 9.47 Å². The Kier molecular flexibility index (Phi) is 2.37. The lowest BCUT2D eigenvalue weighted by Crippen LogP contribution is -2.13. The fraction of sp³-hybridized carbons (Fsp3) is 0.538. The van der Waals surface area contributed by atoms with E-state index >= 15 is 0 Å². The zero-order valence-electron chi connectivity index (χ0n) is 9.89. The SMILES string of the molecule is CCc1cc2c(cc1C(C)(C)C)OCO2. The summed E-state index contributed by atoms with van der Waals surface area (Å²) in [7, 11) is 0. The van der Waals surface area contributed by atoms with Crippen molar-refractivity contribution in [3.05, 3.63) is 23.3 Å². The first-order chi connectivity index (χ1) is 7.02. The highest BCUT2D eigenvalue weighted by Crippen LogP contribution is 2.39. The Morgan fingerprint density at radius 3 is 2.27 bits per heavy atom. The number of hydrogen-bond acceptors (Lipinski definition) is 2. The van der Waals surface area contributed by atoms with E-state index in [1.807, 2.05) is 0 Å². The minimum absolute atomic E-state index is 0.159. The maximum Gasteiger partial charge on any atom is 0.231 e. The van der Waals surface area contributed by atoms with E-state index in [0.29, 0.717) is 6.79 Å². The first-order valence-electron chi connectivity index (χ1n) is 5.45. The summed E-state index contributed by atoms with van der Waals surface area (Å²) in [5.41, 5.74) is 2.87. The zero-order chi connectivity index (χ0) is 11.1. The maximum atomic E-state index is 5.41. The van der Waals surface area contributed by atoms with Gasteiger partial charge >= 0.3 is 0 Å². The van der Waals surface area contributed by atoms with E-state index in [4.69, 9.17) is 9.47 Å². The van der Waals surface area contributed by atoms with E-state index in [-0.39, 0.29) is 5.41 Å². The van der Waals surface area contributed by atoms with Gasteiger partial charge in [0, 0.05) is 0 Å². The summed E-state index contributed by atoms with van der Waals surface area (Å²) in [5.74, 6) is 1.77. The van der Waals surface area contributed by atoms with Crippen LogP contribution >= 0.6 is 0 Å². The molecule has 0 saturated heterocycles. The van der Waals surface area contributed by atoms with E-state index in [1.165, 1.54) is 11.1 Å². The average molecular weight is 206 g/mol. The summed E-state index contributed by atoms with van der Waals surface area (Å²) >= 11 is 0. The number of benzene rings is 1. The van der Waals surface area contributed by atoms with Gasteiger partial charge in [-0.2, -0.15) is 0 Å². The van der Waals surface area contributed by atoms with Crippen molar-refractivity contribution in [2.24, 2.45) is 0 Å². The minimum atomic E-state index is 0.159. The minimum Gasteiger partial charge on any atom is -0.454 e. The molecule has 0 fully saturated rings. The van der Waals surface area contributed by atoms with Gasteiger partial charge in [0.2, 0.25) is 6.79 Å². The van der Waals surface area contributed by atoms with Gasteiger partial charge in [-0.25, -0.2) is 0 Å². The molecule has 0 unspecified atom stereocenters. The molecule has 0 atom stereocenters.